The van der Waals surface area contributed by atoms with Crippen molar-refractivity contribution < 1.29 is 28.6 Å². The molecule has 0 saturated heterocycles. The van der Waals surface area contributed by atoms with Crippen molar-refractivity contribution >= 4 is 17.9 Å². The van der Waals surface area contributed by atoms with Gasteiger partial charge in [-0.1, -0.05) is 268 Å². The monoisotopic (exact) mass is 993 g/mol. The van der Waals surface area contributed by atoms with E-state index < -0.39 is 6.10 Å². The summed E-state index contributed by atoms with van der Waals surface area (Å²) in [6.45, 7) is 6.62. The minimum atomic E-state index is -0.778. The molecule has 1 atom stereocenters. The van der Waals surface area contributed by atoms with Crippen LogP contribution in [0.1, 0.15) is 316 Å². The number of allylic oxidation sites excluding steroid dienone is 10. The van der Waals surface area contributed by atoms with E-state index in [2.05, 4.69) is 81.5 Å². The molecule has 0 aliphatic carbocycles. The van der Waals surface area contributed by atoms with E-state index in [0.717, 1.165) is 83.5 Å². The van der Waals surface area contributed by atoms with Crippen LogP contribution in [0, 0.1) is 0 Å². The minimum absolute atomic E-state index is 0.0756. The zero-order valence-electron chi connectivity index (χ0n) is 47.2. The van der Waals surface area contributed by atoms with E-state index in [-0.39, 0.29) is 31.1 Å². The highest BCUT2D eigenvalue weighted by Crippen LogP contribution is 2.16. The van der Waals surface area contributed by atoms with E-state index in [1.54, 1.807) is 0 Å². The second-order valence-corrected chi connectivity index (χ2v) is 20.6. The van der Waals surface area contributed by atoms with Crippen LogP contribution in [-0.4, -0.2) is 37.2 Å². The second kappa shape index (κ2) is 59.7. The van der Waals surface area contributed by atoms with Gasteiger partial charge in [0.2, 0.25) is 0 Å². The van der Waals surface area contributed by atoms with Gasteiger partial charge in [0.25, 0.3) is 0 Å². The Morgan fingerprint density at radius 2 is 0.507 bits per heavy atom. The Bertz CT molecular complexity index is 1280. The van der Waals surface area contributed by atoms with Crippen LogP contribution >= 0.6 is 0 Å². The van der Waals surface area contributed by atoms with E-state index in [0.29, 0.717) is 19.3 Å². The van der Waals surface area contributed by atoms with Crippen LogP contribution in [0.2, 0.25) is 0 Å². The van der Waals surface area contributed by atoms with Crippen molar-refractivity contribution in [1.29, 1.82) is 0 Å². The molecule has 0 aromatic carbocycles. The van der Waals surface area contributed by atoms with E-state index >= 15 is 0 Å². The minimum Gasteiger partial charge on any atom is -0.462 e. The first-order chi connectivity index (χ1) is 35.0. The molecule has 0 amide bonds. The van der Waals surface area contributed by atoms with Crippen molar-refractivity contribution in [2.75, 3.05) is 13.2 Å². The van der Waals surface area contributed by atoms with Gasteiger partial charge in [0.15, 0.2) is 6.10 Å². The van der Waals surface area contributed by atoms with Crippen LogP contribution in [0.3, 0.4) is 0 Å². The fourth-order valence-electron chi connectivity index (χ4n) is 8.83. The Kier molecular flexibility index (Phi) is 57.2. The fraction of sp³-hybridized carbons (Fsp3) is 0.800. The van der Waals surface area contributed by atoms with Gasteiger partial charge < -0.3 is 14.2 Å². The summed E-state index contributed by atoms with van der Waals surface area (Å²) in [4.78, 5) is 38.2. The largest absolute Gasteiger partial charge is 0.462 e. The molecule has 0 saturated carbocycles. The molecule has 0 aliphatic heterocycles. The first-order valence-corrected chi connectivity index (χ1v) is 30.8. The molecule has 0 rings (SSSR count). The summed E-state index contributed by atoms with van der Waals surface area (Å²) in [6, 6.07) is 0. The lowest BCUT2D eigenvalue weighted by molar-refractivity contribution is -0.167. The molecule has 412 valence electrons. The quantitative estimate of drug-likeness (QED) is 0.0261. The first-order valence-electron chi connectivity index (χ1n) is 30.8. The standard InChI is InChI=1S/C65H116O6/c1-4-7-10-13-16-19-22-24-26-28-30-31-32-33-35-36-38-40-43-46-49-52-55-58-64(67)70-61-62(60-69-63(66)57-54-51-48-45-42-21-18-15-12-9-6-3)71-65(68)59-56-53-50-47-44-41-39-37-34-29-27-25-23-20-17-14-11-8-5-2/h17,20,22,24-25,27-28,30,32-33,62H,4-16,18-19,21,23,26,29,31,34-61H2,1-3H3/b20-17-,24-22-,27-25-,30-28-,33-32-. The molecule has 0 aliphatic rings. The highest BCUT2D eigenvalue weighted by atomic mass is 16.6. The molecule has 6 heteroatoms. The van der Waals surface area contributed by atoms with Gasteiger partial charge in [-0.05, 0) is 89.9 Å². The van der Waals surface area contributed by atoms with Crippen LogP contribution in [0.15, 0.2) is 60.8 Å². The zero-order valence-corrected chi connectivity index (χ0v) is 47.2. The van der Waals surface area contributed by atoms with Crippen molar-refractivity contribution in [2.24, 2.45) is 0 Å². The Balaban J connectivity index is 4.30. The molecule has 0 aromatic rings. The molecule has 0 bridgehead atoms. The maximum Gasteiger partial charge on any atom is 0.306 e. The lowest BCUT2D eigenvalue weighted by Gasteiger charge is -2.18. The smallest absolute Gasteiger partial charge is 0.306 e. The van der Waals surface area contributed by atoms with Gasteiger partial charge in [-0.2, -0.15) is 0 Å². The number of rotatable bonds is 56. The Labute approximate surface area is 440 Å². The molecule has 0 radical (unpaired) electrons. The summed E-state index contributed by atoms with van der Waals surface area (Å²) < 4.78 is 16.9. The van der Waals surface area contributed by atoms with E-state index in [9.17, 15) is 14.4 Å². The molecule has 0 fully saturated rings. The van der Waals surface area contributed by atoms with Gasteiger partial charge in [-0.3, -0.25) is 14.4 Å². The normalized spacial score (nSPS) is 12.4. The number of unbranched alkanes of at least 4 members (excludes halogenated alkanes) is 35. The number of carbonyl (C=O) groups is 3. The summed E-state index contributed by atoms with van der Waals surface area (Å²) in [5, 5.41) is 0. The van der Waals surface area contributed by atoms with Crippen LogP contribution in [0.25, 0.3) is 0 Å². The molecule has 0 N–H and O–H groups in total. The van der Waals surface area contributed by atoms with E-state index in [1.807, 2.05) is 0 Å². The Hall–Kier alpha value is -2.89. The summed E-state index contributed by atoms with van der Waals surface area (Å²) in [5.74, 6) is -0.874. The zero-order chi connectivity index (χ0) is 51.4. The third-order valence-electron chi connectivity index (χ3n) is 13.5. The second-order valence-electron chi connectivity index (χ2n) is 20.6. The number of carbonyl (C=O) groups excluding carboxylic acids is 3. The van der Waals surface area contributed by atoms with Crippen LogP contribution in [0.4, 0.5) is 0 Å². The summed E-state index contributed by atoms with van der Waals surface area (Å²) >= 11 is 0. The number of hydrogen-bond acceptors (Lipinski definition) is 6. The molecule has 0 aromatic heterocycles. The number of ether oxygens (including phenoxy) is 3. The van der Waals surface area contributed by atoms with Crippen molar-refractivity contribution in [3.05, 3.63) is 60.8 Å². The average molecular weight is 994 g/mol. The van der Waals surface area contributed by atoms with E-state index in [1.165, 1.54) is 193 Å². The molecule has 0 heterocycles. The lowest BCUT2D eigenvalue weighted by Crippen LogP contribution is -2.30. The van der Waals surface area contributed by atoms with Gasteiger partial charge in [0, 0.05) is 19.3 Å². The molecule has 0 spiro atoms. The molecule has 1 unspecified atom stereocenters. The molecular formula is C65H116O6. The highest BCUT2D eigenvalue weighted by Gasteiger charge is 2.19. The Morgan fingerprint density at radius 1 is 0.282 bits per heavy atom. The fourth-order valence-corrected chi connectivity index (χ4v) is 8.83. The van der Waals surface area contributed by atoms with Gasteiger partial charge in [-0.25, -0.2) is 0 Å². The summed E-state index contributed by atoms with van der Waals surface area (Å²) in [5.41, 5.74) is 0. The summed E-state index contributed by atoms with van der Waals surface area (Å²) in [6.07, 6.45) is 75.0. The maximum absolute atomic E-state index is 12.9. The van der Waals surface area contributed by atoms with Gasteiger partial charge in [0.05, 0.1) is 0 Å². The molecular weight excluding hydrogens is 877 g/mol. The third kappa shape index (κ3) is 57.9. The predicted octanol–water partition coefficient (Wildman–Crippen LogP) is 20.8. The van der Waals surface area contributed by atoms with E-state index in [4.69, 9.17) is 14.2 Å². The SMILES string of the molecule is CCCCC/C=C\C/C=C\CCCCCCCCCCCC(=O)OC(COC(=O)CCCCCCCCCC/C=C\C/C=C\C/C=C\CCCCCCC)COC(=O)CCCCCCCCCCCCC. The third-order valence-corrected chi connectivity index (χ3v) is 13.5. The summed E-state index contributed by atoms with van der Waals surface area (Å²) in [7, 11) is 0. The Morgan fingerprint density at radius 3 is 0.817 bits per heavy atom. The topological polar surface area (TPSA) is 78.9 Å². The van der Waals surface area contributed by atoms with Crippen molar-refractivity contribution in [2.45, 2.75) is 322 Å². The maximum atomic E-state index is 12.9. The average Bonchev–Trinajstić information content (AvgIpc) is 3.37. The van der Waals surface area contributed by atoms with Crippen LogP contribution in [-0.2, 0) is 28.6 Å². The van der Waals surface area contributed by atoms with Gasteiger partial charge in [-0.15, -0.1) is 0 Å². The van der Waals surface area contributed by atoms with Crippen LogP contribution in [0.5, 0.6) is 0 Å². The first kappa shape index (κ1) is 68.1. The number of esters is 3. The molecule has 71 heavy (non-hydrogen) atoms. The predicted molar refractivity (Wildman–Crippen MR) is 307 cm³/mol. The van der Waals surface area contributed by atoms with Crippen molar-refractivity contribution in [1.82, 2.24) is 0 Å². The van der Waals surface area contributed by atoms with Crippen molar-refractivity contribution in [3.8, 4) is 0 Å². The van der Waals surface area contributed by atoms with Crippen molar-refractivity contribution in [3.63, 3.8) is 0 Å². The van der Waals surface area contributed by atoms with Gasteiger partial charge >= 0.3 is 17.9 Å². The molecule has 6 nitrogen and oxygen atoms in total. The van der Waals surface area contributed by atoms with Gasteiger partial charge in [0.1, 0.15) is 13.2 Å². The highest BCUT2D eigenvalue weighted by molar-refractivity contribution is 5.71. The number of hydrogen-bond donors (Lipinski definition) is 0. The lowest BCUT2D eigenvalue weighted by atomic mass is 10.1. The van der Waals surface area contributed by atoms with Crippen LogP contribution < -0.4 is 0 Å².